The van der Waals surface area contributed by atoms with Crippen LogP contribution in [0.2, 0.25) is 5.02 Å². The predicted molar refractivity (Wildman–Crippen MR) is 122 cm³/mol. The molecule has 1 amide bonds. The molecule has 1 unspecified atom stereocenters. The summed E-state index contributed by atoms with van der Waals surface area (Å²) in [6.45, 7) is 1.68. The summed E-state index contributed by atoms with van der Waals surface area (Å²) in [7, 11) is -4.04. The standard InChI is InChI=1S/C22H20ClN3O5S/c1-15-7-10-18(26(28)29)14-20(15)24-22(27)21(13-16-5-3-2-4-6-16)25-32(30,31)19-11-8-17(23)9-12-19/h2-12,14,21,25H,13H2,1H3,(H,24,27). The number of hydrogen-bond donors (Lipinski definition) is 2. The lowest BCUT2D eigenvalue weighted by Gasteiger charge is -2.19. The third-order valence-corrected chi connectivity index (χ3v) is 6.45. The average Bonchev–Trinajstić information content (AvgIpc) is 2.75. The quantitative estimate of drug-likeness (QED) is 0.377. The number of non-ortho nitro benzene ring substituents is 1. The summed E-state index contributed by atoms with van der Waals surface area (Å²) in [4.78, 5) is 23.6. The number of sulfonamides is 1. The first-order valence-corrected chi connectivity index (χ1v) is 11.4. The van der Waals surface area contributed by atoms with Gasteiger partial charge in [0.25, 0.3) is 5.69 Å². The number of nitrogens with zero attached hydrogens (tertiary/aromatic N) is 1. The van der Waals surface area contributed by atoms with Gasteiger partial charge in [0, 0.05) is 17.2 Å². The molecule has 0 aliphatic carbocycles. The Morgan fingerprint density at radius 3 is 2.34 bits per heavy atom. The summed E-state index contributed by atoms with van der Waals surface area (Å²) < 4.78 is 28.2. The molecule has 3 aromatic carbocycles. The van der Waals surface area contributed by atoms with Gasteiger partial charge < -0.3 is 5.32 Å². The Morgan fingerprint density at radius 1 is 1.06 bits per heavy atom. The summed E-state index contributed by atoms with van der Waals surface area (Å²) in [6, 6.07) is 17.4. The van der Waals surface area contributed by atoms with Crippen molar-refractivity contribution in [2.24, 2.45) is 0 Å². The van der Waals surface area contributed by atoms with Crippen LogP contribution in [-0.4, -0.2) is 25.3 Å². The van der Waals surface area contributed by atoms with Gasteiger partial charge in [-0.15, -0.1) is 0 Å². The fraction of sp³-hybridized carbons (Fsp3) is 0.136. The third kappa shape index (κ3) is 5.91. The number of nitrogens with one attached hydrogen (secondary N) is 2. The highest BCUT2D eigenvalue weighted by Gasteiger charge is 2.27. The molecule has 3 rings (SSSR count). The van der Waals surface area contributed by atoms with Crippen molar-refractivity contribution in [3.05, 3.63) is 99.1 Å². The third-order valence-electron chi connectivity index (χ3n) is 4.71. The second kappa shape index (κ2) is 9.90. The zero-order chi connectivity index (χ0) is 23.3. The molecule has 0 spiro atoms. The van der Waals surface area contributed by atoms with E-state index in [9.17, 15) is 23.3 Å². The first-order valence-electron chi connectivity index (χ1n) is 9.53. The Kier molecular flexibility index (Phi) is 7.24. The van der Waals surface area contributed by atoms with Crippen LogP contribution in [-0.2, 0) is 21.2 Å². The van der Waals surface area contributed by atoms with E-state index in [4.69, 9.17) is 11.6 Å². The molecule has 10 heteroatoms. The maximum Gasteiger partial charge on any atom is 0.271 e. The number of nitro benzene ring substituents is 1. The Morgan fingerprint density at radius 2 is 1.72 bits per heavy atom. The molecule has 0 saturated heterocycles. The van der Waals surface area contributed by atoms with E-state index in [2.05, 4.69) is 10.0 Å². The molecule has 32 heavy (non-hydrogen) atoms. The van der Waals surface area contributed by atoms with Gasteiger partial charge in [-0.3, -0.25) is 14.9 Å². The molecular weight excluding hydrogens is 454 g/mol. The van der Waals surface area contributed by atoms with Crippen LogP contribution in [0.1, 0.15) is 11.1 Å². The number of benzene rings is 3. The van der Waals surface area contributed by atoms with Crippen LogP contribution in [0.15, 0.2) is 77.7 Å². The first-order chi connectivity index (χ1) is 15.2. The second-order valence-corrected chi connectivity index (χ2v) is 9.21. The number of carbonyl (C=O) groups is 1. The number of aryl methyl sites for hydroxylation is 1. The number of amides is 1. The monoisotopic (exact) mass is 473 g/mol. The summed E-state index contributed by atoms with van der Waals surface area (Å²) in [5.74, 6) is -0.644. The van der Waals surface area contributed by atoms with Gasteiger partial charge in [0.05, 0.1) is 15.5 Å². The fourth-order valence-corrected chi connectivity index (χ4v) is 4.31. The number of anilines is 1. The maximum atomic E-state index is 13.1. The van der Waals surface area contributed by atoms with Crippen molar-refractivity contribution in [2.45, 2.75) is 24.3 Å². The van der Waals surface area contributed by atoms with E-state index in [-0.39, 0.29) is 22.7 Å². The van der Waals surface area contributed by atoms with Crippen LogP contribution in [0.4, 0.5) is 11.4 Å². The molecule has 0 aliphatic heterocycles. The molecular formula is C22H20ClN3O5S. The topological polar surface area (TPSA) is 118 Å². The van der Waals surface area contributed by atoms with E-state index < -0.39 is 26.9 Å². The molecule has 0 radical (unpaired) electrons. The van der Waals surface area contributed by atoms with Gasteiger partial charge in [-0.2, -0.15) is 4.72 Å². The summed E-state index contributed by atoms with van der Waals surface area (Å²) in [5, 5.41) is 14.1. The van der Waals surface area contributed by atoms with Crippen LogP contribution in [0.5, 0.6) is 0 Å². The first kappa shape index (κ1) is 23.4. The molecule has 0 heterocycles. The van der Waals surface area contributed by atoms with Crippen LogP contribution < -0.4 is 10.0 Å². The summed E-state index contributed by atoms with van der Waals surface area (Å²) >= 11 is 5.84. The maximum absolute atomic E-state index is 13.1. The van der Waals surface area contributed by atoms with Crippen molar-refractivity contribution in [3.63, 3.8) is 0 Å². The zero-order valence-electron chi connectivity index (χ0n) is 17.0. The molecule has 0 aliphatic rings. The Bertz CT molecular complexity index is 1230. The lowest BCUT2D eigenvalue weighted by molar-refractivity contribution is -0.384. The van der Waals surface area contributed by atoms with Gasteiger partial charge in [-0.25, -0.2) is 8.42 Å². The van der Waals surface area contributed by atoms with E-state index in [0.29, 0.717) is 10.6 Å². The molecule has 0 fully saturated rings. The van der Waals surface area contributed by atoms with Crippen molar-refractivity contribution in [1.29, 1.82) is 0 Å². The summed E-state index contributed by atoms with van der Waals surface area (Å²) in [5.41, 5.74) is 1.38. The molecule has 166 valence electrons. The molecule has 0 aromatic heterocycles. The van der Waals surface area contributed by atoms with Crippen molar-refractivity contribution in [3.8, 4) is 0 Å². The van der Waals surface area contributed by atoms with Crippen molar-refractivity contribution in [2.75, 3.05) is 5.32 Å². The lowest BCUT2D eigenvalue weighted by atomic mass is 10.1. The van der Waals surface area contributed by atoms with Crippen LogP contribution in [0, 0.1) is 17.0 Å². The number of hydrogen-bond acceptors (Lipinski definition) is 5. The minimum Gasteiger partial charge on any atom is -0.324 e. The smallest absolute Gasteiger partial charge is 0.271 e. The van der Waals surface area contributed by atoms with E-state index in [1.807, 2.05) is 6.07 Å². The van der Waals surface area contributed by atoms with Crippen LogP contribution in [0.25, 0.3) is 0 Å². The Balaban J connectivity index is 1.90. The van der Waals surface area contributed by atoms with Crippen molar-refractivity contribution < 1.29 is 18.1 Å². The van der Waals surface area contributed by atoms with Gasteiger partial charge in [-0.1, -0.05) is 48.0 Å². The molecule has 8 nitrogen and oxygen atoms in total. The largest absolute Gasteiger partial charge is 0.324 e. The van der Waals surface area contributed by atoms with Crippen molar-refractivity contribution >= 4 is 38.9 Å². The van der Waals surface area contributed by atoms with Crippen LogP contribution >= 0.6 is 11.6 Å². The van der Waals surface area contributed by atoms with E-state index in [0.717, 1.165) is 5.56 Å². The van der Waals surface area contributed by atoms with Gasteiger partial charge >= 0.3 is 0 Å². The number of rotatable bonds is 8. The molecule has 0 bridgehead atoms. The minimum absolute atomic E-state index is 0.0423. The molecule has 2 N–H and O–H groups in total. The highest BCUT2D eigenvalue weighted by molar-refractivity contribution is 7.89. The average molecular weight is 474 g/mol. The van der Waals surface area contributed by atoms with E-state index >= 15 is 0 Å². The summed E-state index contributed by atoms with van der Waals surface area (Å²) in [6.07, 6.45) is 0.0769. The highest BCUT2D eigenvalue weighted by atomic mass is 35.5. The van der Waals surface area contributed by atoms with Crippen molar-refractivity contribution in [1.82, 2.24) is 4.72 Å². The minimum atomic E-state index is -4.04. The van der Waals surface area contributed by atoms with E-state index in [1.54, 1.807) is 31.2 Å². The fourth-order valence-electron chi connectivity index (χ4n) is 2.98. The number of carbonyl (C=O) groups excluding carboxylic acids is 1. The normalized spacial score (nSPS) is 12.2. The Labute approximate surface area is 190 Å². The highest BCUT2D eigenvalue weighted by Crippen LogP contribution is 2.23. The second-order valence-electron chi connectivity index (χ2n) is 7.06. The number of nitro groups is 1. The number of halogens is 1. The Hall–Kier alpha value is -3.27. The SMILES string of the molecule is Cc1ccc([N+](=O)[O-])cc1NC(=O)C(Cc1ccccc1)NS(=O)(=O)c1ccc(Cl)cc1. The molecule has 1 atom stereocenters. The van der Waals surface area contributed by atoms with E-state index in [1.165, 1.54) is 42.5 Å². The lowest BCUT2D eigenvalue weighted by Crippen LogP contribution is -2.45. The predicted octanol–water partition coefficient (Wildman–Crippen LogP) is 4.08. The molecule has 3 aromatic rings. The molecule has 0 saturated carbocycles. The van der Waals surface area contributed by atoms with Gasteiger partial charge in [0.2, 0.25) is 15.9 Å². The van der Waals surface area contributed by atoms with Gasteiger partial charge in [-0.05, 0) is 48.7 Å². The zero-order valence-corrected chi connectivity index (χ0v) is 18.6. The van der Waals surface area contributed by atoms with Gasteiger partial charge in [0.1, 0.15) is 6.04 Å². The van der Waals surface area contributed by atoms with Crippen LogP contribution in [0.3, 0.4) is 0 Å². The van der Waals surface area contributed by atoms with Gasteiger partial charge in [0.15, 0.2) is 0 Å².